The molecule has 5 nitrogen and oxygen atoms in total. The highest BCUT2D eigenvalue weighted by Crippen LogP contribution is 2.29. The van der Waals surface area contributed by atoms with Crippen LogP contribution in [-0.2, 0) is 15.5 Å². The molecule has 17 heavy (non-hydrogen) atoms. The first-order chi connectivity index (χ1) is 7.84. The molecule has 0 saturated carbocycles. The minimum atomic E-state index is -1.33. The second-order valence-electron chi connectivity index (χ2n) is 3.29. The lowest BCUT2D eigenvalue weighted by atomic mass is 10.1. The fraction of sp³-hybridized carbons (Fsp3) is 0.200. The molecule has 7 heteroatoms. The Hall–Kier alpha value is -1.76. The average Bonchev–Trinajstić information content (AvgIpc) is 2.24. The highest BCUT2D eigenvalue weighted by Gasteiger charge is 2.23. The van der Waals surface area contributed by atoms with Gasteiger partial charge in [0.15, 0.2) is 17.3 Å². The number of carbonyl (C=O) groups excluding carboxylic acids is 2. The van der Waals surface area contributed by atoms with Gasteiger partial charge >= 0.3 is 5.91 Å². The first-order valence-electron chi connectivity index (χ1n) is 4.43. The molecule has 0 heterocycles. The van der Waals surface area contributed by atoms with Gasteiger partial charge in [0.2, 0.25) is 0 Å². The van der Waals surface area contributed by atoms with E-state index in [-0.39, 0.29) is 0 Å². The third-order valence-electron chi connectivity index (χ3n) is 1.80. The number of halogens is 1. The Morgan fingerprint density at radius 2 is 1.88 bits per heavy atom. The van der Waals surface area contributed by atoms with Crippen LogP contribution in [0.15, 0.2) is 16.5 Å². The van der Waals surface area contributed by atoms with E-state index in [0.29, 0.717) is 0 Å². The van der Waals surface area contributed by atoms with E-state index in [0.717, 1.165) is 12.1 Å². The van der Waals surface area contributed by atoms with Gasteiger partial charge in [-0.25, -0.2) is 4.39 Å². The van der Waals surface area contributed by atoms with Crippen LogP contribution in [0.1, 0.15) is 10.4 Å². The SMILES string of the molecule is CS(C)=NC(=O)C(=O)c1ccc(O)c(O)c1F. The Morgan fingerprint density at radius 3 is 2.41 bits per heavy atom. The van der Waals surface area contributed by atoms with E-state index >= 15 is 0 Å². The van der Waals surface area contributed by atoms with Crippen LogP contribution in [0.5, 0.6) is 11.5 Å². The molecule has 1 amide bonds. The number of rotatable bonds is 2. The van der Waals surface area contributed by atoms with Gasteiger partial charge in [-0.15, -0.1) is 0 Å². The van der Waals surface area contributed by atoms with Crippen LogP contribution in [0.2, 0.25) is 0 Å². The van der Waals surface area contributed by atoms with Crippen molar-refractivity contribution in [1.29, 1.82) is 0 Å². The van der Waals surface area contributed by atoms with Crippen molar-refractivity contribution >= 4 is 22.4 Å². The molecule has 0 saturated heterocycles. The molecule has 0 fully saturated rings. The number of ketones is 1. The molecule has 1 aromatic carbocycles. The molecule has 0 radical (unpaired) electrons. The lowest BCUT2D eigenvalue weighted by Crippen LogP contribution is -2.14. The van der Waals surface area contributed by atoms with Crippen molar-refractivity contribution < 1.29 is 24.2 Å². The van der Waals surface area contributed by atoms with Crippen molar-refractivity contribution in [3.63, 3.8) is 0 Å². The van der Waals surface area contributed by atoms with E-state index in [9.17, 15) is 14.0 Å². The van der Waals surface area contributed by atoms with E-state index in [1.165, 1.54) is 0 Å². The third kappa shape index (κ3) is 2.88. The molecule has 2 N–H and O–H groups in total. The maximum absolute atomic E-state index is 13.4. The van der Waals surface area contributed by atoms with Crippen molar-refractivity contribution in [3.05, 3.63) is 23.5 Å². The van der Waals surface area contributed by atoms with Crippen molar-refractivity contribution in [3.8, 4) is 11.5 Å². The second kappa shape index (κ2) is 5.05. The number of hydrogen-bond donors (Lipinski definition) is 2. The average molecular weight is 259 g/mol. The molecule has 0 unspecified atom stereocenters. The minimum Gasteiger partial charge on any atom is -0.504 e. The highest BCUT2D eigenvalue weighted by molar-refractivity contribution is 7.86. The zero-order valence-electron chi connectivity index (χ0n) is 9.10. The van der Waals surface area contributed by atoms with Crippen LogP contribution in [0.25, 0.3) is 0 Å². The van der Waals surface area contributed by atoms with Gasteiger partial charge in [0, 0.05) is 0 Å². The summed E-state index contributed by atoms with van der Waals surface area (Å²) in [4.78, 5) is 22.8. The number of phenolic OH excluding ortho intramolecular Hbond substituents is 2. The summed E-state index contributed by atoms with van der Waals surface area (Å²) >= 11 is 0. The Bertz CT molecular complexity index is 523. The van der Waals surface area contributed by atoms with Crippen molar-refractivity contribution in [2.45, 2.75) is 0 Å². The van der Waals surface area contributed by atoms with Gasteiger partial charge in [-0.1, -0.05) is 10.7 Å². The smallest absolute Gasteiger partial charge is 0.324 e. The van der Waals surface area contributed by atoms with Crippen LogP contribution in [-0.4, -0.2) is 34.4 Å². The minimum absolute atomic E-state index is 0.612. The molecule has 0 aliphatic carbocycles. The molecule has 1 rings (SSSR count). The van der Waals surface area contributed by atoms with Gasteiger partial charge < -0.3 is 10.2 Å². The molecule has 1 aromatic rings. The number of phenols is 2. The fourth-order valence-electron chi connectivity index (χ4n) is 1.05. The van der Waals surface area contributed by atoms with E-state index < -0.39 is 45.3 Å². The third-order valence-corrected chi connectivity index (χ3v) is 2.33. The summed E-state index contributed by atoms with van der Waals surface area (Å²) in [6.07, 6.45) is 3.24. The summed E-state index contributed by atoms with van der Waals surface area (Å²) < 4.78 is 16.9. The summed E-state index contributed by atoms with van der Waals surface area (Å²) in [6.45, 7) is 0. The van der Waals surface area contributed by atoms with Gasteiger partial charge in [-0.05, 0) is 24.6 Å². The van der Waals surface area contributed by atoms with Gasteiger partial charge in [-0.3, -0.25) is 9.59 Å². The Morgan fingerprint density at radius 1 is 1.29 bits per heavy atom. The first-order valence-corrected chi connectivity index (χ1v) is 6.43. The number of Topliss-reactive ketones (excluding diaryl/α,β-unsaturated/α-hetero) is 1. The summed E-state index contributed by atoms with van der Waals surface area (Å²) in [5.74, 6) is -5.32. The molecular formula is C10H10FNO4S. The monoisotopic (exact) mass is 259 g/mol. The van der Waals surface area contributed by atoms with E-state index in [1.54, 1.807) is 12.5 Å². The molecule has 0 aliphatic rings. The lowest BCUT2D eigenvalue weighted by Gasteiger charge is -2.03. The molecule has 0 spiro atoms. The van der Waals surface area contributed by atoms with Crippen LogP contribution < -0.4 is 0 Å². The number of carbonyl (C=O) groups is 2. The first kappa shape index (κ1) is 13.3. The highest BCUT2D eigenvalue weighted by atomic mass is 32.2. The fourth-order valence-corrected chi connectivity index (χ4v) is 1.47. The predicted molar refractivity (Wildman–Crippen MR) is 60.7 cm³/mol. The Labute approximate surface area is 99.0 Å². The molecular weight excluding hydrogens is 249 g/mol. The molecule has 0 bridgehead atoms. The maximum atomic E-state index is 13.4. The topological polar surface area (TPSA) is 87.0 Å². The normalized spacial score (nSPS) is 10.4. The molecule has 0 atom stereocenters. The van der Waals surface area contributed by atoms with Crippen LogP contribution in [0.4, 0.5) is 4.39 Å². The summed E-state index contributed by atoms with van der Waals surface area (Å²) in [6, 6.07) is 1.85. The lowest BCUT2D eigenvalue weighted by molar-refractivity contribution is -0.113. The summed E-state index contributed by atoms with van der Waals surface area (Å²) in [5, 5.41) is 18.1. The standard InChI is InChI=1S/C10H10FNO4S/c1-17(2)12-10(16)8(14)5-3-4-6(13)9(15)7(5)11/h3-4,13,15H,1-2H3. The van der Waals surface area contributed by atoms with Crippen LogP contribution in [0, 0.1) is 5.82 Å². The zero-order valence-corrected chi connectivity index (χ0v) is 9.92. The van der Waals surface area contributed by atoms with Crippen LogP contribution in [0.3, 0.4) is 0 Å². The molecule has 0 aliphatic heterocycles. The van der Waals surface area contributed by atoms with Crippen molar-refractivity contribution in [2.24, 2.45) is 4.36 Å². The number of hydrogen-bond acceptors (Lipinski definition) is 4. The Balaban J connectivity index is 3.19. The van der Waals surface area contributed by atoms with E-state index in [2.05, 4.69) is 4.36 Å². The van der Waals surface area contributed by atoms with E-state index in [1.807, 2.05) is 0 Å². The zero-order chi connectivity index (χ0) is 13.2. The largest absolute Gasteiger partial charge is 0.504 e. The predicted octanol–water partition coefficient (Wildman–Crippen LogP) is 1.01. The number of amides is 1. The van der Waals surface area contributed by atoms with Gasteiger partial charge in [0.25, 0.3) is 5.78 Å². The van der Waals surface area contributed by atoms with Gasteiger partial charge in [0.1, 0.15) is 0 Å². The summed E-state index contributed by atoms with van der Waals surface area (Å²) in [5.41, 5.74) is -0.612. The number of benzene rings is 1. The number of nitrogens with zero attached hydrogens (tertiary/aromatic N) is 1. The van der Waals surface area contributed by atoms with Gasteiger partial charge in [-0.2, -0.15) is 4.36 Å². The van der Waals surface area contributed by atoms with E-state index in [4.69, 9.17) is 10.2 Å². The second-order valence-corrected chi connectivity index (χ2v) is 5.02. The molecule has 0 aromatic heterocycles. The van der Waals surface area contributed by atoms with Crippen LogP contribution >= 0.6 is 0 Å². The quantitative estimate of drug-likeness (QED) is 0.471. The Kier molecular flexibility index (Phi) is 3.95. The number of aromatic hydroxyl groups is 2. The summed E-state index contributed by atoms with van der Waals surface area (Å²) in [7, 11) is -0.636. The van der Waals surface area contributed by atoms with Gasteiger partial charge in [0.05, 0.1) is 5.56 Å². The molecule has 92 valence electrons. The maximum Gasteiger partial charge on any atom is 0.324 e. The van der Waals surface area contributed by atoms with Crippen molar-refractivity contribution in [1.82, 2.24) is 0 Å². The van der Waals surface area contributed by atoms with Crippen molar-refractivity contribution in [2.75, 3.05) is 12.5 Å².